The Morgan fingerprint density at radius 2 is 1.94 bits per heavy atom. The van der Waals surface area contributed by atoms with Crippen molar-refractivity contribution in [3.05, 3.63) is 35.5 Å². The van der Waals surface area contributed by atoms with Crippen molar-refractivity contribution < 1.29 is 4.74 Å². The summed E-state index contributed by atoms with van der Waals surface area (Å²) in [4.78, 5) is 8.33. The number of aromatic nitrogens is 2. The van der Waals surface area contributed by atoms with E-state index in [4.69, 9.17) is 10.6 Å². The average molecular weight is 244 g/mol. The molecule has 94 valence electrons. The number of benzene rings is 1. The molecular formula is C13H16N4O. The van der Waals surface area contributed by atoms with Gasteiger partial charge in [-0.25, -0.2) is 15.8 Å². The normalized spacial score (nSPS) is 10.2. The number of hydrogen-bond donors (Lipinski definition) is 2. The van der Waals surface area contributed by atoms with Crippen molar-refractivity contribution in [2.24, 2.45) is 5.84 Å². The molecule has 0 aliphatic rings. The molecule has 0 radical (unpaired) electrons. The van der Waals surface area contributed by atoms with Crippen LogP contribution in [0, 0.1) is 13.8 Å². The molecule has 0 saturated heterocycles. The van der Waals surface area contributed by atoms with E-state index in [9.17, 15) is 0 Å². The molecule has 0 aliphatic carbocycles. The topological polar surface area (TPSA) is 73.1 Å². The summed E-state index contributed by atoms with van der Waals surface area (Å²) in [5.74, 6) is 6.60. The Balaban J connectivity index is 2.54. The number of nitrogen functional groups attached to an aromatic ring is 1. The molecule has 5 heteroatoms. The maximum absolute atomic E-state index is 5.32. The minimum atomic E-state index is 0.403. The van der Waals surface area contributed by atoms with E-state index in [1.807, 2.05) is 32.0 Å². The van der Waals surface area contributed by atoms with Gasteiger partial charge in [-0.2, -0.15) is 0 Å². The summed E-state index contributed by atoms with van der Waals surface area (Å²) in [5.41, 5.74) is 6.57. The molecule has 2 rings (SSSR count). The Kier molecular flexibility index (Phi) is 3.43. The van der Waals surface area contributed by atoms with Crippen LogP contribution in [0.25, 0.3) is 11.3 Å². The van der Waals surface area contributed by atoms with E-state index in [0.29, 0.717) is 5.95 Å². The molecule has 0 saturated carbocycles. The van der Waals surface area contributed by atoms with E-state index in [1.165, 1.54) is 0 Å². The first-order valence-electron chi connectivity index (χ1n) is 5.61. The lowest BCUT2D eigenvalue weighted by Gasteiger charge is -2.12. The zero-order chi connectivity index (χ0) is 13.1. The summed E-state index contributed by atoms with van der Waals surface area (Å²) >= 11 is 0. The van der Waals surface area contributed by atoms with E-state index in [1.54, 1.807) is 13.3 Å². The van der Waals surface area contributed by atoms with E-state index in [0.717, 1.165) is 28.1 Å². The Bertz CT molecular complexity index is 569. The standard InChI is InChI=1S/C13H16N4O/c1-8-9(2)12(18-3)5-4-10(8)11-6-7-15-13(16-11)17-14/h4-7H,14H2,1-3H3,(H,15,16,17). The second-order valence-electron chi connectivity index (χ2n) is 3.98. The van der Waals surface area contributed by atoms with Gasteiger partial charge < -0.3 is 4.74 Å². The number of methoxy groups -OCH3 is 1. The predicted octanol–water partition coefficient (Wildman–Crippen LogP) is 2.05. The van der Waals surface area contributed by atoms with Gasteiger partial charge in [-0.05, 0) is 43.2 Å². The average Bonchev–Trinajstić information content (AvgIpc) is 2.42. The van der Waals surface area contributed by atoms with Gasteiger partial charge in [0, 0.05) is 11.8 Å². The third-order valence-electron chi connectivity index (χ3n) is 3.02. The predicted molar refractivity (Wildman–Crippen MR) is 71.3 cm³/mol. The number of nitrogens with two attached hydrogens (primary N) is 1. The molecule has 0 bridgehead atoms. The largest absolute Gasteiger partial charge is 0.496 e. The summed E-state index contributed by atoms with van der Waals surface area (Å²) in [7, 11) is 1.67. The molecule has 0 amide bonds. The summed E-state index contributed by atoms with van der Waals surface area (Å²) in [6, 6.07) is 5.79. The molecule has 0 unspecified atom stereocenters. The maximum Gasteiger partial charge on any atom is 0.237 e. The van der Waals surface area contributed by atoms with Crippen LogP contribution in [-0.2, 0) is 0 Å². The highest BCUT2D eigenvalue weighted by atomic mass is 16.5. The van der Waals surface area contributed by atoms with Gasteiger partial charge in [0.25, 0.3) is 0 Å². The van der Waals surface area contributed by atoms with Gasteiger partial charge in [-0.1, -0.05) is 0 Å². The lowest BCUT2D eigenvalue weighted by molar-refractivity contribution is 0.411. The van der Waals surface area contributed by atoms with Crippen molar-refractivity contribution in [3.63, 3.8) is 0 Å². The lowest BCUT2D eigenvalue weighted by atomic mass is 10.00. The van der Waals surface area contributed by atoms with Crippen molar-refractivity contribution in [2.75, 3.05) is 12.5 Å². The van der Waals surface area contributed by atoms with Crippen LogP contribution in [0.15, 0.2) is 24.4 Å². The van der Waals surface area contributed by atoms with Crippen molar-refractivity contribution >= 4 is 5.95 Å². The van der Waals surface area contributed by atoms with E-state index in [-0.39, 0.29) is 0 Å². The second-order valence-corrected chi connectivity index (χ2v) is 3.98. The fourth-order valence-electron chi connectivity index (χ4n) is 1.87. The van der Waals surface area contributed by atoms with Crippen molar-refractivity contribution in [2.45, 2.75) is 13.8 Å². The van der Waals surface area contributed by atoms with Crippen LogP contribution in [0.3, 0.4) is 0 Å². The summed E-state index contributed by atoms with van der Waals surface area (Å²) in [5, 5.41) is 0. The van der Waals surface area contributed by atoms with Crippen LogP contribution in [0.2, 0.25) is 0 Å². The van der Waals surface area contributed by atoms with Gasteiger partial charge in [-0.15, -0.1) is 0 Å². The van der Waals surface area contributed by atoms with Crippen LogP contribution in [0.4, 0.5) is 5.95 Å². The molecule has 18 heavy (non-hydrogen) atoms. The van der Waals surface area contributed by atoms with Crippen LogP contribution in [0.1, 0.15) is 11.1 Å². The molecule has 0 spiro atoms. The highest BCUT2D eigenvalue weighted by Crippen LogP contribution is 2.30. The SMILES string of the molecule is COc1ccc(-c2ccnc(NN)n2)c(C)c1C. The molecule has 1 aromatic heterocycles. The molecule has 0 aliphatic heterocycles. The zero-order valence-electron chi connectivity index (χ0n) is 10.7. The highest BCUT2D eigenvalue weighted by molar-refractivity contribution is 5.67. The zero-order valence-corrected chi connectivity index (χ0v) is 10.7. The number of hydrazine groups is 1. The van der Waals surface area contributed by atoms with Gasteiger partial charge >= 0.3 is 0 Å². The monoisotopic (exact) mass is 244 g/mol. The van der Waals surface area contributed by atoms with Gasteiger partial charge in [0.2, 0.25) is 5.95 Å². The molecule has 2 aromatic rings. The number of nitrogens with zero attached hydrogens (tertiary/aromatic N) is 2. The number of ether oxygens (including phenoxy) is 1. The van der Waals surface area contributed by atoms with Crippen LogP contribution in [-0.4, -0.2) is 17.1 Å². The lowest BCUT2D eigenvalue weighted by Crippen LogP contribution is -2.10. The van der Waals surface area contributed by atoms with E-state index in [2.05, 4.69) is 15.4 Å². The van der Waals surface area contributed by atoms with Gasteiger partial charge in [0.15, 0.2) is 0 Å². The van der Waals surface area contributed by atoms with Crippen LogP contribution >= 0.6 is 0 Å². The fourth-order valence-corrected chi connectivity index (χ4v) is 1.87. The Morgan fingerprint density at radius 3 is 2.61 bits per heavy atom. The van der Waals surface area contributed by atoms with Gasteiger partial charge in [-0.3, -0.25) is 5.43 Å². The number of hydrogen-bond acceptors (Lipinski definition) is 5. The second kappa shape index (κ2) is 5.01. The highest BCUT2D eigenvalue weighted by Gasteiger charge is 2.10. The summed E-state index contributed by atoms with van der Waals surface area (Å²) in [6.45, 7) is 4.08. The molecule has 1 aromatic carbocycles. The maximum atomic E-state index is 5.32. The fraction of sp³-hybridized carbons (Fsp3) is 0.231. The van der Waals surface area contributed by atoms with Crippen LogP contribution < -0.4 is 16.0 Å². The third kappa shape index (κ3) is 2.12. The number of rotatable bonds is 3. The molecule has 5 nitrogen and oxygen atoms in total. The first-order chi connectivity index (χ1) is 8.67. The van der Waals surface area contributed by atoms with Crippen molar-refractivity contribution in [1.82, 2.24) is 9.97 Å². The van der Waals surface area contributed by atoms with Gasteiger partial charge in [0.1, 0.15) is 5.75 Å². The van der Waals surface area contributed by atoms with E-state index < -0.39 is 0 Å². The minimum absolute atomic E-state index is 0.403. The Labute approximate surface area is 106 Å². The Morgan fingerprint density at radius 1 is 1.17 bits per heavy atom. The van der Waals surface area contributed by atoms with Gasteiger partial charge in [0.05, 0.1) is 12.8 Å². The molecule has 1 heterocycles. The number of nitrogens with one attached hydrogen (secondary N) is 1. The third-order valence-corrected chi connectivity index (χ3v) is 3.02. The molecule has 3 N–H and O–H groups in total. The number of anilines is 1. The molecule has 0 atom stereocenters. The minimum Gasteiger partial charge on any atom is -0.496 e. The Hall–Kier alpha value is -2.14. The molecular weight excluding hydrogens is 228 g/mol. The quantitative estimate of drug-likeness (QED) is 0.638. The van der Waals surface area contributed by atoms with E-state index >= 15 is 0 Å². The first kappa shape index (κ1) is 12.3. The van der Waals surface area contributed by atoms with Crippen molar-refractivity contribution in [1.29, 1.82) is 0 Å². The summed E-state index contributed by atoms with van der Waals surface area (Å²) in [6.07, 6.45) is 1.68. The molecule has 0 fully saturated rings. The van der Waals surface area contributed by atoms with Crippen molar-refractivity contribution in [3.8, 4) is 17.0 Å². The smallest absolute Gasteiger partial charge is 0.237 e. The summed E-state index contributed by atoms with van der Waals surface area (Å²) < 4.78 is 5.30. The first-order valence-corrected chi connectivity index (χ1v) is 5.61. The van der Waals surface area contributed by atoms with Crippen LogP contribution in [0.5, 0.6) is 5.75 Å².